The first-order valence-electron chi connectivity index (χ1n) is 6.33. The number of thiophene rings is 1. The van der Waals surface area contributed by atoms with Crippen LogP contribution in [0.4, 0.5) is 0 Å². The predicted molar refractivity (Wildman–Crippen MR) is 78.5 cm³/mol. The molecule has 1 aliphatic rings. The van der Waals surface area contributed by atoms with Crippen molar-refractivity contribution in [1.82, 2.24) is 4.90 Å². The Balaban J connectivity index is 1.68. The standard InChI is InChI=1S/C14H14BrNO2S/c15-13-6-5-12(18-13)14(17)16(10-3-4-10)8-7-11-2-1-9-19-11/h1-2,5-6,9-10H,3-4,7-8H2. The molecule has 0 saturated heterocycles. The van der Waals surface area contributed by atoms with Crippen molar-refractivity contribution < 1.29 is 9.21 Å². The van der Waals surface area contributed by atoms with Crippen LogP contribution in [0.1, 0.15) is 28.3 Å². The van der Waals surface area contributed by atoms with Crippen LogP contribution in [0, 0.1) is 0 Å². The largest absolute Gasteiger partial charge is 0.444 e. The highest BCUT2D eigenvalue weighted by atomic mass is 79.9. The molecule has 0 atom stereocenters. The van der Waals surface area contributed by atoms with E-state index in [2.05, 4.69) is 27.4 Å². The smallest absolute Gasteiger partial charge is 0.289 e. The molecule has 2 aromatic heterocycles. The van der Waals surface area contributed by atoms with Crippen LogP contribution in [-0.4, -0.2) is 23.4 Å². The van der Waals surface area contributed by atoms with E-state index in [0.717, 1.165) is 25.8 Å². The molecule has 1 saturated carbocycles. The molecule has 0 bridgehead atoms. The van der Waals surface area contributed by atoms with E-state index in [4.69, 9.17) is 4.42 Å². The Hall–Kier alpha value is -1.07. The topological polar surface area (TPSA) is 33.5 Å². The normalized spacial score (nSPS) is 14.6. The molecule has 1 aliphatic carbocycles. The molecule has 0 radical (unpaired) electrons. The minimum absolute atomic E-state index is 0.00440. The van der Waals surface area contributed by atoms with Gasteiger partial charge in [-0.15, -0.1) is 11.3 Å². The van der Waals surface area contributed by atoms with Gasteiger partial charge in [-0.3, -0.25) is 4.79 Å². The molecule has 100 valence electrons. The van der Waals surface area contributed by atoms with Crippen LogP contribution in [0.25, 0.3) is 0 Å². The summed E-state index contributed by atoms with van der Waals surface area (Å²) in [6, 6.07) is 8.05. The number of rotatable bonds is 5. The first kappa shape index (κ1) is 12.9. The van der Waals surface area contributed by atoms with Crippen LogP contribution in [0.3, 0.4) is 0 Å². The Morgan fingerprint density at radius 1 is 1.42 bits per heavy atom. The summed E-state index contributed by atoms with van der Waals surface area (Å²) in [4.78, 5) is 15.7. The van der Waals surface area contributed by atoms with E-state index in [1.807, 2.05) is 11.0 Å². The molecule has 1 amide bonds. The SMILES string of the molecule is O=C(c1ccc(Br)o1)N(CCc1cccs1)C1CC1. The summed E-state index contributed by atoms with van der Waals surface area (Å²) in [6.07, 6.45) is 3.14. The van der Waals surface area contributed by atoms with Gasteiger partial charge in [0.1, 0.15) is 0 Å². The van der Waals surface area contributed by atoms with Gasteiger partial charge < -0.3 is 9.32 Å². The molecule has 0 unspecified atom stereocenters. The van der Waals surface area contributed by atoms with Gasteiger partial charge >= 0.3 is 0 Å². The molecule has 19 heavy (non-hydrogen) atoms. The van der Waals surface area contributed by atoms with Crippen molar-refractivity contribution in [3.8, 4) is 0 Å². The summed E-state index contributed by atoms with van der Waals surface area (Å²) < 4.78 is 5.97. The number of hydrogen-bond acceptors (Lipinski definition) is 3. The first-order valence-corrected chi connectivity index (χ1v) is 8.00. The van der Waals surface area contributed by atoms with E-state index >= 15 is 0 Å². The van der Waals surface area contributed by atoms with Crippen molar-refractivity contribution in [3.05, 3.63) is 45.0 Å². The number of carbonyl (C=O) groups excluding carboxylic acids is 1. The lowest BCUT2D eigenvalue weighted by atomic mass is 10.3. The predicted octanol–water partition coefficient (Wildman–Crippen LogP) is 3.95. The summed E-state index contributed by atoms with van der Waals surface area (Å²) in [5.74, 6) is 0.426. The third-order valence-electron chi connectivity index (χ3n) is 3.21. The number of halogens is 1. The van der Waals surface area contributed by atoms with E-state index < -0.39 is 0 Å². The minimum atomic E-state index is 0.00440. The van der Waals surface area contributed by atoms with Crippen molar-refractivity contribution in [2.45, 2.75) is 25.3 Å². The molecule has 2 heterocycles. The van der Waals surface area contributed by atoms with Gasteiger partial charge in [0.2, 0.25) is 0 Å². The fraction of sp³-hybridized carbons (Fsp3) is 0.357. The maximum Gasteiger partial charge on any atom is 0.289 e. The van der Waals surface area contributed by atoms with Gasteiger partial charge in [-0.05, 0) is 58.8 Å². The highest BCUT2D eigenvalue weighted by Gasteiger charge is 2.33. The average molecular weight is 340 g/mol. The molecule has 3 rings (SSSR count). The highest BCUT2D eigenvalue weighted by Crippen LogP contribution is 2.29. The van der Waals surface area contributed by atoms with Crippen LogP contribution in [-0.2, 0) is 6.42 Å². The third-order valence-corrected chi connectivity index (χ3v) is 4.57. The van der Waals surface area contributed by atoms with Crippen molar-refractivity contribution in [2.75, 3.05) is 6.54 Å². The lowest BCUT2D eigenvalue weighted by Crippen LogP contribution is -2.34. The summed E-state index contributed by atoms with van der Waals surface area (Å²) >= 11 is 4.98. The van der Waals surface area contributed by atoms with Gasteiger partial charge in [0, 0.05) is 17.5 Å². The Bertz CT molecular complexity index is 560. The van der Waals surface area contributed by atoms with Crippen LogP contribution in [0.5, 0.6) is 0 Å². The zero-order valence-corrected chi connectivity index (χ0v) is 12.7. The molecule has 5 heteroatoms. The number of carbonyl (C=O) groups is 1. The van der Waals surface area contributed by atoms with Crippen molar-refractivity contribution in [1.29, 1.82) is 0 Å². The maximum atomic E-state index is 12.4. The Kier molecular flexibility index (Phi) is 3.75. The van der Waals surface area contributed by atoms with Crippen molar-refractivity contribution >= 4 is 33.2 Å². The van der Waals surface area contributed by atoms with Crippen molar-refractivity contribution in [3.63, 3.8) is 0 Å². The molecule has 0 aliphatic heterocycles. The summed E-state index contributed by atoms with van der Waals surface area (Å²) in [6.45, 7) is 0.766. The van der Waals surface area contributed by atoms with Gasteiger partial charge in [0.15, 0.2) is 10.4 Å². The van der Waals surface area contributed by atoms with Crippen LogP contribution in [0.15, 0.2) is 38.7 Å². The van der Waals surface area contributed by atoms with Gasteiger partial charge in [-0.2, -0.15) is 0 Å². The van der Waals surface area contributed by atoms with Gasteiger partial charge in [-0.25, -0.2) is 0 Å². The van der Waals surface area contributed by atoms with E-state index in [9.17, 15) is 4.79 Å². The number of hydrogen-bond donors (Lipinski definition) is 0. The quantitative estimate of drug-likeness (QED) is 0.826. The molecule has 1 fully saturated rings. The van der Waals surface area contributed by atoms with E-state index in [0.29, 0.717) is 16.5 Å². The zero-order chi connectivity index (χ0) is 13.2. The van der Waals surface area contributed by atoms with Crippen LogP contribution in [0.2, 0.25) is 0 Å². The molecule has 0 N–H and O–H groups in total. The second-order valence-corrected chi connectivity index (χ2v) is 6.48. The number of nitrogens with zero attached hydrogens (tertiary/aromatic N) is 1. The minimum Gasteiger partial charge on any atom is -0.444 e. The number of amides is 1. The lowest BCUT2D eigenvalue weighted by Gasteiger charge is -2.20. The summed E-state index contributed by atoms with van der Waals surface area (Å²) in [5.41, 5.74) is 0. The van der Waals surface area contributed by atoms with Crippen molar-refractivity contribution in [2.24, 2.45) is 0 Å². The zero-order valence-electron chi connectivity index (χ0n) is 10.3. The maximum absolute atomic E-state index is 12.4. The molecular weight excluding hydrogens is 326 g/mol. The van der Waals surface area contributed by atoms with E-state index in [1.165, 1.54) is 4.88 Å². The number of furan rings is 1. The fourth-order valence-electron chi connectivity index (χ4n) is 2.09. The van der Waals surface area contributed by atoms with Gasteiger partial charge in [0.05, 0.1) is 0 Å². The van der Waals surface area contributed by atoms with Gasteiger partial charge in [0.25, 0.3) is 5.91 Å². The van der Waals surface area contributed by atoms with Crippen LogP contribution < -0.4 is 0 Å². The molecule has 0 spiro atoms. The second-order valence-electron chi connectivity index (χ2n) is 4.66. The van der Waals surface area contributed by atoms with Crippen LogP contribution >= 0.6 is 27.3 Å². The summed E-state index contributed by atoms with van der Waals surface area (Å²) in [7, 11) is 0. The molecule has 2 aromatic rings. The Labute approximate surface area is 124 Å². The fourth-order valence-corrected chi connectivity index (χ4v) is 3.10. The molecular formula is C14H14BrNO2S. The second kappa shape index (κ2) is 5.51. The first-order chi connectivity index (χ1) is 9.24. The third kappa shape index (κ3) is 3.09. The average Bonchev–Trinajstić information content (AvgIpc) is 2.92. The Morgan fingerprint density at radius 2 is 2.26 bits per heavy atom. The van der Waals surface area contributed by atoms with Gasteiger partial charge in [-0.1, -0.05) is 6.07 Å². The van der Waals surface area contributed by atoms with E-state index in [-0.39, 0.29) is 5.91 Å². The molecule has 0 aromatic carbocycles. The highest BCUT2D eigenvalue weighted by molar-refractivity contribution is 9.10. The monoisotopic (exact) mass is 339 g/mol. The summed E-state index contributed by atoms with van der Waals surface area (Å²) in [5, 5.41) is 2.07. The Morgan fingerprint density at radius 3 is 2.84 bits per heavy atom. The molecule has 3 nitrogen and oxygen atoms in total. The van der Waals surface area contributed by atoms with E-state index in [1.54, 1.807) is 23.5 Å². The lowest BCUT2D eigenvalue weighted by molar-refractivity contribution is 0.0711.